The Bertz CT molecular complexity index is 638. The molecule has 2 aromatic rings. The van der Waals surface area contributed by atoms with Crippen molar-refractivity contribution in [3.63, 3.8) is 0 Å². The second kappa shape index (κ2) is 6.83. The van der Waals surface area contributed by atoms with Crippen LogP contribution in [0, 0.1) is 12.8 Å². The smallest absolute Gasteiger partial charge is 0.207 e. The van der Waals surface area contributed by atoms with E-state index in [4.69, 9.17) is 4.74 Å². The summed E-state index contributed by atoms with van der Waals surface area (Å²) < 4.78 is 9.31. The van der Waals surface area contributed by atoms with Crippen molar-refractivity contribution in [3.8, 4) is 11.4 Å². The van der Waals surface area contributed by atoms with Crippen LogP contribution in [0.2, 0.25) is 0 Å². The molecule has 0 aliphatic rings. The third kappa shape index (κ3) is 3.80. The molecule has 21 heavy (non-hydrogen) atoms. The lowest BCUT2D eigenvalue weighted by Gasteiger charge is -2.14. The van der Waals surface area contributed by atoms with Crippen LogP contribution in [-0.4, -0.2) is 23.2 Å². The number of hydrogen-bond acceptors (Lipinski definition) is 3. The van der Waals surface area contributed by atoms with E-state index in [1.807, 2.05) is 29.8 Å². The summed E-state index contributed by atoms with van der Waals surface area (Å²) in [6, 6.07) is 3.96. The normalized spacial score (nSPS) is 11.0. The average Bonchev–Trinajstić information content (AvgIpc) is 2.77. The fourth-order valence-corrected chi connectivity index (χ4v) is 3.31. The van der Waals surface area contributed by atoms with Crippen LogP contribution < -0.4 is 10.1 Å². The van der Waals surface area contributed by atoms with Crippen LogP contribution in [0.25, 0.3) is 5.69 Å². The minimum atomic E-state index is 0.554. The predicted molar refractivity (Wildman–Crippen MR) is 93.6 cm³/mol. The lowest BCUT2D eigenvalue weighted by atomic mass is 10.2. The quantitative estimate of drug-likeness (QED) is 0.761. The molecule has 0 amide bonds. The number of rotatable bonds is 5. The molecule has 0 unspecified atom stereocenters. The van der Waals surface area contributed by atoms with Crippen LogP contribution in [0.1, 0.15) is 19.5 Å². The van der Waals surface area contributed by atoms with E-state index in [2.05, 4.69) is 56.0 Å². The average molecular weight is 417 g/mol. The van der Waals surface area contributed by atoms with E-state index in [-0.39, 0.29) is 0 Å². The minimum Gasteiger partial charge on any atom is -0.495 e. The first-order valence-corrected chi connectivity index (χ1v) is 8.34. The van der Waals surface area contributed by atoms with Gasteiger partial charge in [0.25, 0.3) is 0 Å². The lowest BCUT2D eigenvalue weighted by molar-refractivity contribution is 0.412. The van der Waals surface area contributed by atoms with E-state index in [0.29, 0.717) is 5.92 Å². The zero-order chi connectivity index (χ0) is 15.6. The number of halogens is 2. The van der Waals surface area contributed by atoms with Crippen molar-refractivity contribution >= 4 is 37.8 Å². The number of methoxy groups -OCH3 is 1. The van der Waals surface area contributed by atoms with Crippen molar-refractivity contribution in [2.75, 3.05) is 19.0 Å². The minimum absolute atomic E-state index is 0.554. The summed E-state index contributed by atoms with van der Waals surface area (Å²) in [5, 5.41) is 3.39. The summed E-state index contributed by atoms with van der Waals surface area (Å²) in [6.45, 7) is 7.21. The number of hydrogen-bond donors (Lipinski definition) is 1. The van der Waals surface area contributed by atoms with Gasteiger partial charge in [0, 0.05) is 23.3 Å². The largest absolute Gasteiger partial charge is 0.495 e. The Labute approximate surface area is 142 Å². The fourth-order valence-electron chi connectivity index (χ4n) is 1.96. The molecular formula is C15H19Br2N3O. The van der Waals surface area contributed by atoms with E-state index >= 15 is 0 Å². The first-order chi connectivity index (χ1) is 9.92. The molecule has 1 heterocycles. The summed E-state index contributed by atoms with van der Waals surface area (Å²) in [7, 11) is 1.66. The van der Waals surface area contributed by atoms with E-state index in [9.17, 15) is 0 Å². The molecule has 0 fully saturated rings. The molecule has 2 rings (SSSR count). The Morgan fingerprint density at radius 3 is 2.62 bits per heavy atom. The highest BCUT2D eigenvalue weighted by Gasteiger charge is 2.13. The van der Waals surface area contributed by atoms with Crippen LogP contribution >= 0.6 is 31.9 Å². The number of benzene rings is 1. The van der Waals surface area contributed by atoms with Gasteiger partial charge in [-0.3, -0.25) is 4.57 Å². The Morgan fingerprint density at radius 1 is 1.29 bits per heavy atom. The summed E-state index contributed by atoms with van der Waals surface area (Å²) in [4.78, 5) is 4.56. The van der Waals surface area contributed by atoms with Crippen molar-refractivity contribution in [1.29, 1.82) is 0 Å². The zero-order valence-corrected chi connectivity index (χ0v) is 15.7. The molecule has 6 heteroatoms. The van der Waals surface area contributed by atoms with Gasteiger partial charge in [-0.1, -0.05) is 13.8 Å². The van der Waals surface area contributed by atoms with E-state index in [1.165, 1.54) is 0 Å². The molecule has 114 valence electrons. The number of imidazole rings is 1. The van der Waals surface area contributed by atoms with Crippen molar-refractivity contribution < 1.29 is 4.74 Å². The fraction of sp³-hybridized carbons (Fsp3) is 0.400. The van der Waals surface area contributed by atoms with Crippen molar-refractivity contribution in [2.45, 2.75) is 20.8 Å². The molecule has 0 saturated heterocycles. The summed E-state index contributed by atoms with van der Waals surface area (Å²) in [5.74, 6) is 2.18. The van der Waals surface area contributed by atoms with Crippen LogP contribution in [0.4, 0.5) is 5.95 Å². The number of aryl methyl sites for hydroxylation is 1. The third-order valence-electron chi connectivity index (χ3n) is 2.98. The lowest BCUT2D eigenvalue weighted by Crippen LogP contribution is -2.12. The highest BCUT2D eigenvalue weighted by Crippen LogP contribution is 2.34. The second-order valence-corrected chi connectivity index (χ2v) is 7.00. The van der Waals surface area contributed by atoms with Crippen molar-refractivity contribution in [1.82, 2.24) is 9.55 Å². The number of anilines is 1. The van der Waals surface area contributed by atoms with E-state index < -0.39 is 0 Å². The molecule has 0 aliphatic heterocycles. The molecule has 0 radical (unpaired) electrons. The first kappa shape index (κ1) is 16.4. The van der Waals surface area contributed by atoms with Crippen LogP contribution in [0.5, 0.6) is 5.75 Å². The molecule has 0 atom stereocenters. The molecule has 0 saturated carbocycles. The standard InChI is InChI=1S/C15H19Br2N3O/c1-9(2)7-18-15-19-10(3)8-20(15)13-6-14(21-4)12(17)5-11(13)16/h5-6,8-9H,7H2,1-4H3,(H,18,19). The molecule has 1 N–H and O–H groups in total. The predicted octanol–water partition coefficient (Wildman–Crippen LogP) is 4.78. The summed E-state index contributed by atoms with van der Waals surface area (Å²) in [5.41, 5.74) is 1.96. The van der Waals surface area contributed by atoms with Crippen molar-refractivity contribution in [2.24, 2.45) is 5.92 Å². The van der Waals surface area contributed by atoms with Crippen LogP contribution in [0.15, 0.2) is 27.3 Å². The highest BCUT2D eigenvalue weighted by molar-refractivity contribution is 9.11. The first-order valence-electron chi connectivity index (χ1n) is 6.75. The summed E-state index contributed by atoms with van der Waals surface area (Å²) >= 11 is 7.10. The second-order valence-electron chi connectivity index (χ2n) is 5.29. The highest BCUT2D eigenvalue weighted by atomic mass is 79.9. The molecule has 0 bridgehead atoms. The number of ether oxygens (including phenoxy) is 1. The van der Waals surface area contributed by atoms with Gasteiger partial charge < -0.3 is 10.1 Å². The molecule has 1 aromatic heterocycles. The Balaban J connectivity index is 2.46. The Morgan fingerprint density at radius 2 is 2.00 bits per heavy atom. The maximum atomic E-state index is 5.39. The monoisotopic (exact) mass is 415 g/mol. The van der Waals surface area contributed by atoms with E-state index in [0.717, 1.165) is 38.6 Å². The number of nitrogens with one attached hydrogen (secondary N) is 1. The van der Waals surface area contributed by atoms with Gasteiger partial charge in [-0.2, -0.15) is 0 Å². The van der Waals surface area contributed by atoms with Gasteiger partial charge in [0.1, 0.15) is 5.75 Å². The Kier molecular flexibility index (Phi) is 5.32. The van der Waals surface area contributed by atoms with Crippen molar-refractivity contribution in [3.05, 3.63) is 33.0 Å². The zero-order valence-electron chi connectivity index (χ0n) is 12.6. The SMILES string of the molecule is COc1cc(-n2cc(C)nc2NCC(C)C)c(Br)cc1Br. The van der Waals surface area contributed by atoms with Gasteiger partial charge in [-0.25, -0.2) is 4.98 Å². The van der Waals surface area contributed by atoms with Gasteiger partial charge >= 0.3 is 0 Å². The molecular weight excluding hydrogens is 398 g/mol. The van der Waals surface area contributed by atoms with Gasteiger partial charge in [0.2, 0.25) is 5.95 Å². The molecule has 4 nitrogen and oxygen atoms in total. The number of aromatic nitrogens is 2. The maximum Gasteiger partial charge on any atom is 0.207 e. The molecule has 0 aliphatic carbocycles. The number of nitrogens with zero attached hydrogens (tertiary/aromatic N) is 2. The van der Waals surface area contributed by atoms with Crippen LogP contribution in [-0.2, 0) is 0 Å². The van der Waals surface area contributed by atoms with Crippen LogP contribution in [0.3, 0.4) is 0 Å². The van der Waals surface area contributed by atoms with Gasteiger partial charge in [-0.15, -0.1) is 0 Å². The Hall–Kier alpha value is -1.01. The third-order valence-corrected chi connectivity index (χ3v) is 4.23. The van der Waals surface area contributed by atoms with Gasteiger partial charge in [-0.05, 0) is 50.8 Å². The van der Waals surface area contributed by atoms with Gasteiger partial charge in [0.05, 0.1) is 23.0 Å². The molecule has 0 spiro atoms. The molecule has 1 aromatic carbocycles. The maximum absolute atomic E-state index is 5.39. The summed E-state index contributed by atoms with van der Waals surface area (Å²) in [6.07, 6.45) is 2.01. The van der Waals surface area contributed by atoms with E-state index in [1.54, 1.807) is 7.11 Å². The van der Waals surface area contributed by atoms with Gasteiger partial charge in [0.15, 0.2) is 0 Å². The topological polar surface area (TPSA) is 39.1 Å².